The molecule has 14 heavy (non-hydrogen) atoms. The van der Waals surface area contributed by atoms with Gasteiger partial charge in [0.1, 0.15) is 0 Å². The fourth-order valence-electron chi connectivity index (χ4n) is 1.14. The number of hydrogen-bond acceptors (Lipinski definition) is 4. The lowest BCUT2D eigenvalue weighted by Crippen LogP contribution is -2.17. The van der Waals surface area contributed by atoms with Gasteiger partial charge in [0, 0.05) is 6.20 Å². The number of aryl methyl sites for hydroxylation is 1. The Kier molecular flexibility index (Phi) is 3.28. The molecule has 0 unspecified atom stereocenters. The summed E-state index contributed by atoms with van der Waals surface area (Å²) in [5.74, 6) is 0.404. The molecule has 0 aliphatic carbocycles. The third kappa shape index (κ3) is 1.93. The van der Waals surface area contributed by atoms with Gasteiger partial charge >= 0.3 is 0 Å². The van der Waals surface area contributed by atoms with Crippen LogP contribution in [0.4, 0.5) is 0 Å². The molecular formula is C9H13N3O2. The molecule has 1 heterocycles. The van der Waals surface area contributed by atoms with Gasteiger partial charge in [0.05, 0.1) is 12.2 Å². The topological polar surface area (TPSA) is 80.7 Å². The van der Waals surface area contributed by atoms with Crippen molar-refractivity contribution in [3.05, 3.63) is 23.4 Å². The van der Waals surface area contributed by atoms with Crippen LogP contribution in [0.25, 0.3) is 0 Å². The quantitative estimate of drug-likeness (QED) is 0.325. The van der Waals surface area contributed by atoms with E-state index in [0.717, 1.165) is 5.56 Å². The zero-order chi connectivity index (χ0) is 10.6. The monoisotopic (exact) mass is 195 g/mol. The van der Waals surface area contributed by atoms with Gasteiger partial charge in [-0.25, -0.2) is 4.98 Å². The summed E-state index contributed by atoms with van der Waals surface area (Å²) in [5, 5.41) is 11.5. The highest BCUT2D eigenvalue weighted by atomic mass is 16.5. The standard InChI is InChI=1S/C9H13N3O2/c1-3-14-9-7(8(10)12-13)6(2)4-5-11-9/h4-5,13H,3H2,1-2H3,(H2,10,12). The van der Waals surface area contributed by atoms with Crippen molar-refractivity contribution in [2.75, 3.05) is 6.61 Å². The second kappa shape index (κ2) is 4.45. The molecule has 1 aromatic heterocycles. The Morgan fingerprint density at radius 2 is 2.43 bits per heavy atom. The first kappa shape index (κ1) is 10.3. The average Bonchev–Trinajstić information content (AvgIpc) is 2.18. The molecule has 0 aliphatic rings. The molecular weight excluding hydrogens is 182 g/mol. The largest absolute Gasteiger partial charge is 0.477 e. The Hall–Kier alpha value is -1.78. The van der Waals surface area contributed by atoms with Crippen LogP contribution in [-0.4, -0.2) is 22.6 Å². The number of oxime groups is 1. The predicted octanol–water partition coefficient (Wildman–Crippen LogP) is 0.883. The minimum Gasteiger partial charge on any atom is -0.477 e. The Morgan fingerprint density at radius 1 is 1.71 bits per heavy atom. The summed E-state index contributed by atoms with van der Waals surface area (Å²) in [4.78, 5) is 4.00. The van der Waals surface area contributed by atoms with Crippen LogP contribution >= 0.6 is 0 Å². The van der Waals surface area contributed by atoms with Crippen molar-refractivity contribution in [2.24, 2.45) is 10.9 Å². The van der Waals surface area contributed by atoms with E-state index in [0.29, 0.717) is 18.1 Å². The number of hydrogen-bond donors (Lipinski definition) is 2. The van der Waals surface area contributed by atoms with Crippen LogP contribution in [-0.2, 0) is 0 Å². The minimum absolute atomic E-state index is 0.0130. The van der Waals surface area contributed by atoms with Gasteiger partial charge in [-0.05, 0) is 25.5 Å². The Labute approximate surface area is 82.2 Å². The highest BCUT2D eigenvalue weighted by Crippen LogP contribution is 2.18. The van der Waals surface area contributed by atoms with E-state index in [1.54, 1.807) is 12.3 Å². The molecule has 0 fully saturated rings. The normalized spacial score (nSPS) is 11.4. The molecule has 5 nitrogen and oxygen atoms in total. The van der Waals surface area contributed by atoms with Crippen LogP contribution in [0.2, 0.25) is 0 Å². The van der Waals surface area contributed by atoms with E-state index in [1.165, 1.54) is 0 Å². The summed E-state index contributed by atoms with van der Waals surface area (Å²) >= 11 is 0. The van der Waals surface area contributed by atoms with Crippen molar-refractivity contribution < 1.29 is 9.94 Å². The van der Waals surface area contributed by atoms with Gasteiger partial charge in [0.15, 0.2) is 5.84 Å². The van der Waals surface area contributed by atoms with E-state index in [4.69, 9.17) is 15.7 Å². The molecule has 1 aromatic rings. The maximum absolute atomic E-state index is 8.58. The van der Waals surface area contributed by atoms with Crippen molar-refractivity contribution in [1.29, 1.82) is 0 Å². The number of nitrogens with zero attached hydrogens (tertiary/aromatic N) is 2. The van der Waals surface area contributed by atoms with Crippen LogP contribution in [0.3, 0.4) is 0 Å². The lowest BCUT2D eigenvalue weighted by molar-refractivity contribution is 0.314. The van der Waals surface area contributed by atoms with Gasteiger partial charge < -0.3 is 15.7 Å². The summed E-state index contributed by atoms with van der Waals surface area (Å²) in [5.41, 5.74) is 6.90. The average molecular weight is 195 g/mol. The van der Waals surface area contributed by atoms with Crippen LogP contribution in [0.1, 0.15) is 18.1 Å². The SMILES string of the molecule is CCOc1nccc(C)c1/C(N)=N/O. The number of ether oxygens (including phenoxy) is 1. The molecule has 0 radical (unpaired) electrons. The van der Waals surface area contributed by atoms with Crippen molar-refractivity contribution in [2.45, 2.75) is 13.8 Å². The number of pyridine rings is 1. The lowest BCUT2D eigenvalue weighted by atomic mass is 10.1. The van der Waals surface area contributed by atoms with E-state index in [2.05, 4.69) is 10.1 Å². The number of amidine groups is 1. The van der Waals surface area contributed by atoms with E-state index in [-0.39, 0.29) is 5.84 Å². The Bertz CT molecular complexity index is 350. The second-order valence-electron chi connectivity index (χ2n) is 2.73. The lowest BCUT2D eigenvalue weighted by Gasteiger charge is -2.09. The fraction of sp³-hybridized carbons (Fsp3) is 0.333. The van der Waals surface area contributed by atoms with Crippen molar-refractivity contribution in [3.63, 3.8) is 0 Å². The molecule has 76 valence electrons. The number of aromatic nitrogens is 1. The highest BCUT2D eigenvalue weighted by Gasteiger charge is 2.12. The Balaban J connectivity index is 3.22. The fourth-order valence-corrected chi connectivity index (χ4v) is 1.14. The highest BCUT2D eigenvalue weighted by molar-refractivity contribution is 6.00. The van der Waals surface area contributed by atoms with Gasteiger partial charge in [-0.15, -0.1) is 0 Å². The van der Waals surface area contributed by atoms with Crippen molar-refractivity contribution in [1.82, 2.24) is 4.98 Å². The maximum atomic E-state index is 8.58. The number of rotatable bonds is 3. The van der Waals surface area contributed by atoms with E-state index in [9.17, 15) is 0 Å². The first-order valence-corrected chi connectivity index (χ1v) is 4.27. The summed E-state index contributed by atoms with van der Waals surface area (Å²) in [6, 6.07) is 1.77. The molecule has 0 aliphatic heterocycles. The smallest absolute Gasteiger partial charge is 0.224 e. The van der Waals surface area contributed by atoms with Crippen LogP contribution in [0.15, 0.2) is 17.4 Å². The zero-order valence-corrected chi connectivity index (χ0v) is 8.19. The molecule has 1 rings (SSSR count). The zero-order valence-electron chi connectivity index (χ0n) is 8.19. The summed E-state index contributed by atoms with van der Waals surface area (Å²) in [7, 11) is 0. The van der Waals surface area contributed by atoms with Crippen LogP contribution < -0.4 is 10.5 Å². The molecule has 0 saturated heterocycles. The molecule has 0 saturated carbocycles. The summed E-state index contributed by atoms with van der Waals surface area (Å²) < 4.78 is 5.26. The first-order valence-electron chi connectivity index (χ1n) is 4.27. The maximum Gasteiger partial charge on any atom is 0.224 e. The van der Waals surface area contributed by atoms with Gasteiger partial charge in [-0.1, -0.05) is 5.16 Å². The molecule has 0 spiro atoms. The summed E-state index contributed by atoms with van der Waals surface area (Å²) in [6.45, 7) is 4.18. The number of nitrogens with two attached hydrogens (primary N) is 1. The third-order valence-corrected chi connectivity index (χ3v) is 1.77. The molecule has 0 aromatic carbocycles. The van der Waals surface area contributed by atoms with E-state index in [1.807, 2.05) is 13.8 Å². The van der Waals surface area contributed by atoms with Gasteiger partial charge in [0.2, 0.25) is 5.88 Å². The molecule has 5 heteroatoms. The Morgan fingerprint density at radius 3 is 3.00 bits per heavy atom. The van der Waals surface area contributed by atoms with Gasteiger partial charge in [-0.2, -0.15) is 0 Å². The molecule has 3 N–H and O–H groups in total. The van der Waals surface area contributed by atoms with Crippen molar-refractivity contribution in [3.8, 4) is 5.88 Å². The minimum atomic E-state index is 0.0130. The summed E-state index contributed by atoms with van der Waals surface area (Å²) in [6.07, 6.45) is 1.62. The second-order valence-corrected chi connectivity index (χ2v) is 2.73. The van der Waals surface area contributed by atoms with Crippen LogP contribution in [0.5, 0.6) is 5.88 Å². The molecule has 0 amide bonds. The van der Waals surface area contributed by atoms with Crippen molar-refractivity contribution >= 4 is 5.84 Å². The van der Waals surface area contributed by atoms with E-state index < -0.39 is 0 Å². The van der Waals surface area contributed by atoms with E-state index >= 15 is 0 Å². The third-order valence-electron chi connectivity index (χ3n) is 1.77. The molecule has 0 bridgehead atoms. The predicted molar refractivity (Wildman–Crippen MR) is 52.7 cm³/mol. The van der Waals surface area contributed by atoms with Gasteiger partial charge in [-0.3, -0.25) is 0 Å². The van der Waals surface area contributed by atoms with Gasteiger partial charge in [0.25, 0.3) is 0 Å². The molecule has 0 atom stereocenters. The first-order chi connectivity index (χ1) is 6.70. The van der Waals surface area contributed by atoms with Crippen LogP contribution in [0, 0.1) is 6.92 Å².